The average Bonchev–Trinajstić information content (AvgIpc) is 3.05. The molecule has 3 rings (SSSR count). The summed E-state index contributed by atoms with van der Waals surface area (Å²) in [5.41, 5.74) is -3.43. The number of aliphatic hydroxyl groups excluding tert-OH is 1. The Hall–Kier alpha value is -2.72. The van der Waals surface area contributed by atoms with E-state index >= 15 is 0 Å². The van der Waals surface area contributed by atoms with Crippen LogP contribution in [0.25, 0.3) is 0 Å². The number of hydrogen-bond acceptors (Lipinski definition) is 6. The molecule has 2 aromatic carbocycles. The van der Waals surface area contributed by atoms with Crippen molar-refractivity contribution >= 4 is 10.0 Å². The Bertz CT molecular complexity index is 1120. The molecule has 0 amide bonds. The Morgan fingerprint density at radius 2 is 1.87 bits per heavy atom. The van der Waals surface area contributed by atoms with Gasteiger partial charge in [0.25, 0.3) is 0 Å². The summed E-state index contributed by atoms with van der Waals surface area (Å²) in [5, 5.41) is 29.4. The minimum atomic E-state index is -4.56. The number of sulfonamides is 1. The summed E-state index contributed by atoms with van der Waals surface area (Å²) in [6.45, 7) is -1.99. The normalized spacial score (nSPS) is 22.3. The van der Waals surface area contributed by atoms with Gasteiger partial charge in [0, 0.05) is 6.54 Å². The number of benzene rings is 2. The summed E-state index contributed by atoms with van der Waals surface area (Å²) in [6, 6.07) is 7.63. The first-order valence-electron chi connectivity index (χ1n) is 8.78. The fourth-order valence-electron chi connectivity index (χ4n) is 3.15. The third-order valence-electron chi connectivity index (χ3n) is 4.83. The minimum absolute atomic E-state index is 0.0800. The van der Waals surface area contributed by atoms with Crippen molar-refractivity contribution in [1.82, 2.24) is 4.31 Å². The maximum absolute atomic E-state index is 13.4. The minimum Gasteiger partial charge on any atom is -0.486 e. The Labute approximate surface area is 174 Å². The van der Waals surface area contributed by atoms with Crippen molar-refractivity contribution in [2.45, 2.75) is 22.8 Å². The van der Waals surface area contributed by atoms with E-state index in [0.717, 1.165) is 46.8 Å². The number of halogens is 4. The van der Waals surface area contributed by atoms with Crippen molar-refractivity contribution in [1.29, 1.82) is 5.26 Å². The SMILES string of the molecule is N#Cc1cc(F)ccc1S(=O)(=O)N1CC(Oc2ccc(C(F)(F)F)cc2)[C@](O)(CO)C1. The third kappa shape index (κ3) is 4.49. The van der Waals surface area contributed by atoms with Gasteiger partial charge in [-0.2, -0.15) is 22.7 Å². The molecule has 0 radical (unpaired) electrons. The molecule has 1 aliphatic heterocycles. The Morgan fingerprint density at radius 3 is 2.42 bits per heavy atom. The average molecular weight is 460 g/mol. The number of rotatable bonds is 5. The van der Waals surface area contributed by atoms with Gasteiger partial charge in [-0.15, -0.1) is 0 Å². The lowest BCUT2D eigenvalue weighted by Crippen LogP contribution is -2.48. The van der Waals surface area contributed by atoms with Crippen molar-refractivity contribution in [3.05, 3.63) is 59.4 Å². The highest BCUT2D eigenvalue weighted by Crippen LogP contribution is 2.34. The predicted octanol–water partition coefficient (Wildman–Crippen LogP) is 1.89. The van der Waals surface area contributed by atoms with Crippen LogP contribution in [0.5, 0.6) is 5.75 Å². The molecule has 166 valence electrons. The molecule has 1 fully saturated rings. The second-order valence-corrected chi connectivity index (χ2v) is 8.85. The molecule has 2 atom stereocenters. The van der Waals surface area contributed by atoms with E-state index in [-0.39, 0.29) is 5.75 Å². The summed E-state index contributed by atoms with van der Waals surface area (Å²) < 4.78 is 83.6. The van der Waals surface area contributed by atoms with Crippen LogP contribution in [0.3, 0.4) is 0 Å². The fourth-order valence-corrected chi connectivity index (χ4v) is 4.77. The van der Waals surface area contributed by atoms with Crippen molar-refractivity contribution in [2.24, 2.45) is 0 Å². The van der Waals surface area contributed by atoms with Crippen LogP contribution in [0.1, 0.15) is 11.1 Å². The van der Waals surface area contributed by atoms with E-state index in [1.54, 1.807) is 6.07 Å². The lowest BCUT2D eigenvalue weighted by molar-refractivity contribution is -0.137. The second-order valence-electron chi connectivity index (χ2n) is 6.94. The Morgan fingerprint density at radius 1 is 1.23 bits per heavy atom. The lowest BCUT2D eigenvalue weighted by Gasteiger charge is -2.27. The molecular formula is C19H16F4N2O5S. The zero-order valence-electron chi connectivity index (χ0n) is 15.7. The standard InChI is InChI=1S/C19H16F4N2O5S/c20-14-3-6-16(12(7-14)8-24)31(28,29)25-9-17(18(27,10-25)11-26)30-15-4-1-13(2-5-15)19(21,22)23/h1-7,17,26-27H,9-11H2/t17?,18-/m1/s1. The van der Waals surface area contributed by atoms with Gasteiger partial charge in [0.2, 0.25) is 10.0 Å². The maximum Gasteiger partial charge on any atom is 0.416 e. The Balaban J connectivity index is 1.88. The van der Waals surface area contributed by atoms with E-state index in [1.165, 1.54) is 0 Å². The molecule has 0 aliphatic carbocycles. The topological polar surface area (TPSA) is 111 Å². The van der Waals surface area contributed by atoms with Crippen molar-refractivity contribution in [3.8, 4) is 11.8 Å². The second kappa shape index (κ2) is 8.08. The zero-order chi connectivity index (χ0) is 23.0. The smallest absolute Gasteiger partial charge is 0.416 e. The van der Waals surface area contributed by atoms with E-state index in [0.29, 0.717) is 0 Å². The van der Waals surface area contributed by atoms with Gasteiger partial charge in [-0.05, 0) is 42.5 Å². The van der Waals surface area contributed by atoms with Crippen molar-refractivity contribution in [3.63, 3.8) is 0 Å². The molecule has 1 aliphatic rings. The molecule has 1 saturated heterocycles. The lowest BCUT2D eigenvalue weighted by atomic mass is 10.0. The number of nitriles is 1. The molecule has 0 bridgehead atoms. The van der Waals surface area contributed by atoms with Crippen LogP contribution in [0, 0.1) is 17.1 Å². The van der Waals surface area contributed by atoms with Gasteiger partial charge in [0.1, 0.15) is 34.2 Å². The van der Waals surface area contributed by atoms with Gasteiger partial charge in [-0.1, -0.05) is 0 Å². The molecule has 12 heteroatoms. The van der Waals surface area contributed by atoms with Gasteiger partial charge in [0.05, 0.1) is 24.3 Å². The van der Waals surface area contributed by atoms with Gasteiger partial charge >= 0.3 is 6.18 Å². The monoisotopic (exact) mass is 460 g/mol. The first kappa shape index (κ1) is 23.0. The molecule has 2 N–H and O–H groups in total. The quantitative estimate of drug-likeness (QED) is 0.660. The van der Waals surface area contributed by atoms with Crippen molar-refractivity contribution in [2.75, 3.05) is 19.7 Å². The molecule has 2 aromatic rings. The highest BCUT2D eigenvalue weighted by atomic mass is 32.2. The number of β-amino-alcohol motifs (C(OH)–C–C–N with tert-alkyl or cyclic N) is 1. The predicted molar refractivity (Wildman–Crippen MR) is 97.8 cm³/mol. The Kier molecular flexibility index (Phi) is 5.98. The van der Waals surface area contributed by atoms with E-state index in [9.17, 15) is 36.2 Å². The van der Waals surface area contributed by atoms with Gasteiger partial charge in [-0.25, -0.2) is 12.8 Å². The summed E-state index contributed by atoms with van der Waals surface area (Å²) in [5.74, 6) is -0.893. The van der Waals surface area contributed by atoms with Crippen molar-refractivity contribution < 1.29 is 40.9 Å². The van der Waals surface area contributed by atoms with Gasteiger partial charge in [0.15, 0.2) is 0 Å². The number of ether oxygens (including phenoxy) is 1. The van der Waals surface area contributed by atoms with Crippen LogP contribution in [0.4, 0.5) is 17.6 Å². The van der Waals surface area contributed by atoms with E-state index < -0.39 is 69.4 Å². The molecule has 0 aromatic heterocycles. The molecular weight excluding hydrogens is 444 g/mol. The molecule has 31 heavy (non-hydrogen) atoms. The summed E-state index contributed by atoms with van der Waals surface area (Å²) in [4.78, 5) is -0.494. The molecule has 1 heterocycles. The fraction of sp³-hybridized carbons (Fsp3) is 0.316. The first-order chi connectivity index (χ1) is 14.4. The van der Waals surface area contributed by atoms with Gasteiger partial charge < -0.3 is 14.9 Å². The third-order valence-corrected chi connectivity index (χ3v) is 6.70. The van der Waals surface area contributed by atoms with E-state index in [4.69, 9.17) is 10.00 Å². The van der Waals surface area contributed by atoms with Gasteiger partial charge in [-0.3, -0.25) is 0 Å². The molecule has 0 spiro atoms. The number of hydrogen-bond donors (Lipinski definition) is 2. The van der Waals surface area contributed by atoms with Crippen LogP contribution in [0.2, 0.25) is 0 Å². The van der Waals surface area contributed by atoms with E-state index in [1.807, 2.05) is 0 Å². The number of aliphatic hydroxyl groups is 2. The number of nitrogens with zero attached hydrogens (tertiary/aromatic N) is 2. The first-order valence-corrected chi connectivity index (χ1v) is 10.2. The highest BCUT2D eigenvalue weighted by Gasteiger charge is 2.51. The van der Waals surface area contributed by atoms with Crippen LogP contribution in [0.15, 0.2) is 47.4 Å². The van der Waals surface area contributed by atoms with Crippen LogP contribution < -0.4 is 4.74 Å². The zero-order valence-corrected chi connectivity index (χ0v) is 16.5. The highest BCUT2D eigenvalue weighted by molar-refractivity contribution is 7.89. The molecule has 0 saturated carbocycles. The van der Waals surface area contributed by atoms with Crippen LogP contribution in [-0.4, -0.2) is 54.3 Å². The van der Waals surface area contributed by atoms with E-state index in [2.05, 4.69) is 0 Å². The largest absolute Gasteiger partial charge is 0.486 e. The maximum atomic E-state index is 13.4. The number of alkyl halides is 3. The summed E-state index contributed by atoms with van der Waals surface area (Å²) in [7, 11) is -4.39. The summed E-state index contributed by atoms with van der Waals surface area (Å²) >= 11 is 0. The van der Waals surface area contributed by atoms with Crippen LogP contribution in [-0.2, 0) is 16.2 Å². The molecule has 7 nitrogen and oxygen atoms in total. The molecule has 1 unspecified atom stereocenters. The van der Waals surface area contributed by atoms with Crippen LogP contribution >= 0.6 is 0 Å². The summed E-state index contributed by atoms with van der Waals surface area (Å²) in [6.07, 6.45) is -5.88.